The Kier molecular flexibility index (Phi) is 4.32. The van der Waals surface area contributed by atoms with Crippen molar-refractivity contribution < 1.29 is 0 Å². The third-order valence-electron chi connectivity index (χ3n) is 3.54. The molecule has 0 saturated carbocycles. The number of pyridine rings is 1. The van der Waals surface area contributed by atoms with Crippen LogP contribution in [-0.2, 0) is 26.3 Å². The molecule has 1 unspecified atom stereocenters. The maximum atomic E-state index is 6.35. The highest BCUT2D eigenvalue weighted by Crippen LogP contribution is 2.20. The zero-order valence-corrected chi connectivity index (χ0v) is 11.9. The van der Waals surface area contributed by atoms with Crippen LogP contribution < -0.4 is 5.73 Å². The van der Waals surface area contributed by atoms with Gasteiger partial charge in [-0.2, -0.15) is 5.10 Å². The van der Waals surface area contributed by atoms with Crippen LogP contribution in [0.25, 0.3) is 0 Å². The zero-order valence-electron chi connectivity index (χ0n) is 11.9. The van der Waals surface area contributed by atoms with Gasteiger partial charge in [-0.3, -0.25) is 9.67 Å². The lowest BCUT2D eigenvalue weighted by atomic mass is 9.98. The van der Waals surface area contributed by atoms with Gasteiger partial charge in [-0.15, -0.1) is 0 Å². The molecule has 102 valence electrons. The molecule has 1 atom stereocenters. The lowest BCUT2D eigenvalue weighted by Gasteiger charge is -2.15. The van der Waals surface area contributed by atoms with Crippen LogP contribution in [0.5, 0.6) is 0 Å². The number of rotatable bonds is 5. The first-order valence-electron chi connectivity index (χ1n) is 6.85. The van der Waals surface area contributed by atoms with Crippen LogP contribution in [0.4, 0.5) is 0 Å². The Morgan fingerprint density at radius 3 is 2.74 bits per heavy atom. The average molecular weight is 258 g/mol. The summed E-state index contributed by atoms with van der Waals surface area (Å²) in [5.74, 6) is 0. The minimum Gasteiger partial charge on any atom is -0.324 e. The molecule has 0 aliphatic rings. The normalized spacial score (nSPS) is 12.6. The molecular formula is C15H22N4. The second-order valence-corrected chi connectivity index (χ2v) is 4.84. The summed E-state index contributed by atoms with van der Waals surface area (Å²) < 4.78 is 1.94. The molecule has 0 aliphatic heterocycles. The molecule has 2 N–H and O–H groups in total. The third-order valence-corrected chi connectivity index (χ3v) is 3.54. The fraction of sp³-hybridized carbons (Fsp3) is 0.467. The summed E-state index contributed by atoms with van der Waals surface area (Å²) in [6, 6.07) is 4.17. The van der Waals surface area contributed by atoms with Crippen LogP contribution in [-0.4, -0.2) is 14.8 Å². The van der Waals surface area contributed by atoms with E-state index in [1.807, 2.05) is 30.2 Å². The summed E-state index contributed by atoms with van der Waals surface area (Å²) in [6.07, 6.45) is 6.45. The summed E-state index contributed by atoms with van der Waals surface area (Å²) in [6.45, 7) is 4.25. The van der Waals surface area contributed by atoms with E-state index >= 15 is 0 Å². The zero-order chi connectivity index (χ0) is 13.8. The molecule has 2 heterocycles. The number of nitrogens with zero attached hydrogens (tertiary/aromatic N) is 3. The van der Waals surface area contributed by atoms with Gasteiger partial charge in [0.15, 0.2) is 0 Å². The Labute approximate surface area is 114 Å². The van der Waals surface area contributed by atoms with Gasteiger partial charge >= 0.3 is 0 Å². The molecule has 2 aromatic rings. The number of hydrogen-bond acceptors (Lipinski definition) is 3. The number of aryl methyl sites for hydroxylation is 3. The van der Waals surface area contributed by atoms with Crippen molar-refractivity contribution in [3.63, 3.8) is 0 Å². The highest BCUT2D eigenvalue weighted by atomic mass is 15.3. The van der Waals surface area contributed by atoms with Crippen molar-refractivity contribution >= 4 is 0 Å². The van der Waals surface area contributed by atoms with Crippen LogP contribution >= 0.6 is 0 Å². The molecule has 4 heteroatoms. The van der Waals surface area contributed by atoms with Gasteiger partial charge < -0.3 is 5.73 Å². The fourth-order valence-electron chi connectivity index (χ4n) is 2.37. The van der Waals surface area contributed by atoms with Gasteiger partial charge in [-0.05, 0) is 36.1 Å². The molecule has 0 bridgehead atoms. The minimum absolute atomic E-state index is 0.00180. The van der Waals surface area contributed by atoms with Crippen LogP contribution in [0.1, 0.15) is 42.4 Å². The van der Waals surface area contributed by atoms with Crippen LogP contribution in [0.15, 0.2) is 24.5 Å². The van der Waals surface area contributed by atoms with E-state index in [1.165, 1.54) is 16.8 Å². The van der Waals surface area contributed by atoms with Crippen molar-refractivity contribution in [2.45, 2.75) is 39.2 Å². The standard InChI is InChI=1S/C15H22N4/c1-4-11-10-17-7-6-14(11)15(16)9-13-8-12(5-2)18-19(13)3/h6-8,10,15H,4-5,9,16H2,1-3H3. The second kappa shape index (κ2) is 5.97. The molecular weight excluding hydrogens is 236 g/mol. The monoisotopic (exact) mass is 258 g/mol. The first-order valence-corrected chi connectivity index (χ1v) is 6.85. The van der Waals surface area contributed by atoms with E-state index in [-0.39, 0.29) is 6.04 Å². The van der Waals surface area contributed by atoms with E-state index in [1.54, 1.807) is 0 Å². The molecule has 4 nitrogen and oxygen atoms in total. The SMILES string of the molecule is CCc1cc(CC(N)c2ccncc2CC)n(C)n1. The topological polar surface area (TPSA) is 56.7 Å². The minimum atomic E-state index is -0.00180. The molecule has 19 heavy (non-hydrogen) atoms. The lowest BCUT2D eigenvalue weighted by molar-refractivity contribution is 0.634. The first kappa shape index (κ1) is 13.7. The van der Waals surface area contributed by atoms with Crippen molar-refractivity contribution in [1.29, 1.82) is 0 Å². The van der Waals surface area contributed by atoms with Gasteiger partial charge in [-0.1, -0.05) is 13.8 Å². The van der Waals surface area contributed by atoms with Gasteiger partial charge in [0.2, 0.25) is 0 Å². The van der Waals surface area contributed by atoms with Crippen molar-refractivity contribution in [3.05, 3.63) is 47.0 Å². The van der Waals surface area contributed by atoms with E-state index in [2.05, 4.69) is 30.0 Å². The predicted octanol–water partition coefficient (Wildman–Crippen LogP) is 2.18. The smallest absolute Gasteiger partial charge is 0.0624 e. The van der Waals surface area contributed by atoms with Crippen LogP contribution in [0, 0.1) is 0 Å². The molecule has 0 radical (unpaired) electrons. The fourth-order valence-corrected chi connectivity index (χ4v) is 2.37. The highest BCUT2D eigenvalue weighted by Gasteiger charge is 2.13. The average Bonchev–Trinajstić information content (AvgIpc) is 2.79. The molecule has 0 spiro atoms. The third kappa shape index (κ3) is 3.01. The summed E-state index contributed by atoms with van der Waals surface area (Å²) >= 11 is 0. The maximum absolute atomic E-state index is 6.35. The Morgan fingerprint density at radius 1 is 1.32 bits per heavy atom. The number of nitrogens with two attached hydrogens (primary N) is 1. The van der Waals surface area contributed by atoms with E-state index in [0.717, 1.165) is 25.0 Å². The van der Waals surface area contributed by atoms with E-state index in [0.29, 0.717) is 0 Å². The molecule has 2 aromatic heterocycles. The van der Waals surface area contributed by atoms with Gasteiger partial charge in [0.05, 0.1) is 5.69 Å². The van der Waals surface area contributed by atoms with Crippen molar-refractivity contribution in [2.75, 3.05) is 0 Å². The Bertz CT molecular complexity index is 545. The Morgan fingerprint density at radius 2 is 2.11 bits per heavy atom. The number of aromatic nitrogens is 3. The predicted molar refractivity (Wildman–Crippen MR) is 76.8 cm³/mol. The second-order valence-electron chi connectivity index (χ2n) is 4.84. The quantitative estimate of drug-likeness (QED) is 0.894. The summed E-state index contributed by atoms with van der Waals surface area (Å²) in [5.41, 5.74) is 11.1. The first-order chi connectivity index (χ1) is 9.15. The van der Waals surface area contributed by atoms with Gasteiger partial charge in [0.1, 0.15) is 0 Å². The summed E-state index contributed by atoms with van der Waals surface area (Å²) in [4.78, 5) is 4.17. The van der Waals surface area contributed by atoms with E-state index in [4.69, 9.17) is 5.73 Å². The lowest BCUT2D eigenvalue weighted by Crippen LogP contribution is -2.17. The highest BCUT2D eigenvalue weighted by molar-refractivity contribution is 5.28. The van der Waals surface area contributed by atoms with Crippen molar-refractivity contribution in [1.82, 2.24) is 14.8 Å². The summed E-state index contributed by atoms with van der Waals surface area (Å²) in [7, 11) is 1.98. The number of hydrogen-bond donors (Lipinski definition) is 1. The van der Waals surface area contributed by atoms with Crippen molar-refractivity contribution in [3.8, 4) is 0 Å². The van der Waals surface area contributed by atoms with Crippen molar-refractivity contribution in [2.24, 2.45) is 12.8 Å². The molecule has 0 fully saturated rings. The van der Waals surface area contributed by atoms with Crippen LogP contribution in [0.3, 0.4) is 0 Å². The molecule has 2 rings (SSSR count). The van der Waals surface area contributed by atoms with Gasteiger partial charge in [-0.25, -0.2) is 0 Å². The largest absolute Gasteiger partial charge is 0.324 e. The van der Waals surface area contributed by atoms with Gasteiger partial charge in [0.25, 0.3) is 0 Å². The Hall–Kier alpha value is -1.68. The Balaban J connectivity index is 2.20. The maximum Gasteiger partial charge on any atom is 0.0624 e. The van der Waals surface area contributed by atoms with E-state index < -0.39 is 0 Å². The van der Waals surface area contributed by atoms with E-state index in [9.17, 15) is 0 Å². The molecule has 0 amide bonds. The summed E-state index contributed by atoms with van der Waals surface area (Å²) in [5, 5.41) is 4.47. The molecule has 0 saturated heterocycles. The molecule has 0 aromatic carbocycles. The molecule has 0 aliphatic carbocycles. The van der Waals surface area contributed by atoms with Crippen LogP contribution in [0.2, 0.25) is 0 Å². The van der Waals surface area contributed by atoms with Gasteiger partial charge in [0, 0.05) is 37.6 Å².